The lowest BCUT2D eigenvalue weighted by molar-refractivity contribution is -0.114. The number of anilines is 1. The van der Waals surface area contributed by atoms with E-state index in [1.807, 2.05) is 18.2 Å². The van der Waals surface area contributed by atoms with Gasteiger partial charge in [0.2, 0.25) is 17.8 Å². The minimum Gasteiger partial charge on any atom is -0.454 e. The summed E-state index contributed by atoms with van der Waals surface area (Å²) in [4.78, 5) is 10.9. The van der Waals surface area contributed by atoms with Crippen LogP contribution in [0, 0.1) is 0 Å². The zero-order chi connectivity index (χ0) is 12.5. The number of carbonyl (C=O) groups excluding carboxylic acids is 1. The van der Waals surface area contributed by atoms with E-state index >= 15 is 0 Å². The van der Waals surface area contributed by atoms with Crippen molar-refractivity contribution in [2.75, 3.05) is 12.1 Å². The maximum absolute atomic E-state index is 10.9. The summed E-state index contributed by atoms with van der Waals surface area (Å²) in [5.41, 5.74) is 0.883. The highest BCUT2D eigenvalue weighted by atomic mass is 32.1. The molecule has 1 N–H and O–H groups in total. The van der Waals surface area contributed by atoms with Gasteiger partial charge in [0.15, 0.2) is 11.5 Å². The third kappa shape index (κ3) is 2.00. The number of amides is 1. The van der Waals surface area contributed by atoms with Crippen molar-refractivity contribution in [2.24, 2.45) is 0 Å². The Morgan fingerprint density at radius 3 is 3.00 bits per heavy atom. The maximum Gasteiger partial charge on any atom is 0.231 e. The van der Waals surface area contributed by atoms with Crippen molar-refractivity contribution in [1.29, 1.82) is 0 Å². The van der Waals surface area contributed by atoms with Crippen LogP contribution in [0.25, 0.3) is 10.6 Å². The molecule has 0 radical (unpaired) electrons. The van der Waals surface area contributed by atoms with E-state index in [2.05, 4.69) is 15.5 Å². The molecule has 92 valence electrons. The fourth-order valence-corrected chi connectivity index (χ4v) is 2.36. The molecule has 0 spiro atoms. The van der Waals surface area contributed by atoms with Crippen molar-refractivity contribution >= 4 is 22.4 Å². The monoisotopic (exact) mass is 263 g/mol. The second-order valence-electron chi connectivity index (χ2n) is 3.66. The quantitative estimate of drug-likeness (QED) is 0.895. The normalized spacial score (nSPS) is 12.5. The number of rotatable bonds is 2. The van der Waals surface area contributed by atoms with Gasteiger partial charge in [0.05, 0.1) is 0 Å². The molecule has 2 heterocycles. The number of hydrogen-bond donors (Lipinski definition) is 1. The second kappa shape index (κ2) is 4.26. The molecule has 2 aromatic rings. The van der Waals surface area contributed by atoms with Gasteiger partial charge in [-0.05, 0) is 18.2 Å². The molecule has 0 unspecified atom stereocenters. The van der Waals surface area contributed by atoms with E-state index in [-0.39, 0.29) is 12.7 Å². The number of nitrogens with zero attached hydrogens (tertiary/aromatic N) is 2. The highest BCUT2D eigenvalue weighted by molar-refractivity contribution is 7.18. The first-order chi connectivity index (χ1) is 8.72. The highest BCUT2D eigenvalue weighted by Gasteiger charge is 2.15. The molecule has 3 rings (SSSR count). The van der Waals surface area contributed by atoms with Crippen molar-refractivity contribution in [2.45, 2.75) is 6.92 Å². The van der Waals surface area contributed by atoms with E-state index in [1.54, 1.807) is 0 Å². The van der Waals surface area contributed by atoms with Crippen molar-refractivity contribution in [1.82, 2.24) is 10.2 Å². The molecule has 0 fully saturated rings. The first-order valence-electron chi connectivity index (χ1n) is 5.23. The molecular weight excluding hydrogens is 254 g/mol. The SMILES string of the molecule is CC(=O)Nc1nnc(-c2ccc3c(c2)OCO3)s1. The van der Waals surface area contributed by atoms with Crippen LogP contribution in [0.2, 0.25) is 0 Å². The molecule has 0 saturated carbocycles. The maximum atomic E-state index is 10.9. The molecule has 1 aromatic carbocycles. The summed E-state index contributed by atoms with van der Waals surface area (Å²) in [6, 6.07) is 5.56. The first kappa shape index (κ1) is 11.0. The van der Waals surface area contributed by atoms with Gasteiger partial charge in [0.25, 0.3) is 0 Å². The molecule has 1 amide bonds. The smallest absolute Gasteiger partial charge is 0.231 e. The van der Waals surface area contributed by atoms with Gasteiger partial charge in [-0.1, -0.05) is 11.3 Å². The summed E-state index contributed by atoms with van der Waals surface area (Å²) < 4.78 is 10.5. The number of fused-ring (bicyclic) bond motifs is 1. The Labute approximate surface area is 107 Å². The van der Waals surface area contributed by atoms with Crippen LogP contribution in [0.1, 0.15) is 6.92 Å². The highest BCUT2D eigenvalue weighted by Crippen LogP contribution is 2.37. The Kier molecular flexibility index (Phi) is 2.60. The van der Waals surface area contributed by atoms with E-state index in [9.17, 15) is 4.79 Å². The lowest BCUT2D eigenvalue weighted by Crippen LogP contribution is -2.04. The Morgan fingerprint density at radius 1 is 1.33 bits per heavy atom. The van der Waals surface area contributed by atoms with E-state index in [0.717, 1.165) is 16.3 Å². The lowest BCUT2D eigenvalue weighted by Gasteiger charge is -1.98. The fraction of sp³-hybridized carbons (Fsp3) is 0.182. The standard InChI is InChI=1S/C11H9N3O3S/c1-6(15)12-11-14-13-10(18-11)7-2-3-8-9(4-7)17-5-16-8/h2-4H,5H2,1H3,(H,12,14,15). The van der Waals surface area contributed by atoms with Crippen LogP contribution in [-0.4, -0.2) is 22.9 Å². The molecule has 6 nitrogen and oxygen atoms in total. The van der Waals surface area contributed by atoms with Crippen LogP contribution in [0.5, 0.6) is 11.5 Å². The van der Waals surface area contributed by atoms with Gasteiger partial charge in [-0.25, -0.2) is 0 Å². The number of hydrogen-bond acceptors (Lipinski definition) is 6. The molecule has 0 atom stereocenters. The largest absolute Gasteiger partial charge is 0.454 e. The molecule has 1 aliphatic rings. The number of aromatic nitrogens is 2. The molecule has 1 aliphatic heterocycles. The predicted molar refractivity (Wildman–Crippen MR) is 65.8 cm³/mol. The van der Waals surface area contributed by atoms with Gasteiger partial charge in [0, 0.05) is 12.5 Å². The third-order valence-corrected chi connectivity index (χ3v) is 3.22. The molecular formula is C11H9N3O3S. The summed E-state index contributed by atoms with van der Waals surface area (Å²) >= 11 is 1.31. The molecule has 1 aromatic heterocycles. The van der Waals surface area contributed by atoms with Crippen molar-refractivity contribution in [3.05, 3.63) is 18.2 Å². The Morgan fingerprint density at radius 2 is 2.17 bits per heavy atom. The second-order valence-corrected chi connectivity index (χ2v) is 4.64. The van der Waals surface area contributed by atoms with Crippen molar-refractivity contribution in [3.8, 4) is 22.1 Å². The zero-order valence-electron chi connectivity index (χ0n) is 9.47. The van der Waals surface area contributed by atoms with E-state index in [0.29, 0.717) is 10.9 Å². The van der Waals surface area contributed by atoms with Crippen LogP contribution in [0.15, 0.2) is 18.2 Å². The Hall–Kier alpha value is -2.15. The lowest BCUT2D eigenvalue weighted by atomic mass is 10.2. The minimum absolute atomic E-state index is 0.164. The van der Waals surface area contributed by atoms with Crippen LogP contribution in [-0.2, 0) is 4.79 Å². The van der Waals surface area contributed by atoms with Crippen LogP contribution in [0.3, 0.4) is 0 Å². The predicted octanol–water partition coefficient (Wildman–Crippen LogP) is 1.89. The van der Waals surface area contributed by atoms with E-state index in [1.165, 1.54) is 18.3 Å². The molecule has 7 heteroatoms. The van der Waals surface area contributed by atoms with Gasteiger partial charge in [-0.15, -0.1) is 10.2 Å². The van der Waals surface area contributed by atoms with Gasteiger partial charge in [0.1, 0.15) is 5.01 Å². The topological polar surface area (TPSA) is 73.3 Å². The van der Waals surface area contributed by atoms with Gasteiger partial charge >= 0.3 is 0 Å². The summed E-state index contributed by atoms with van der Waals surface area (Å²) in [5.74, 6) is 1.26. The molecule has 0 bridgehead atoms. The average molecular weight is 263 g/mol. The van der Waals surface area contributed by atoms with Crippen LogP contribution in [0.4, 0.5) is 5.13 Å². The van der Waals surface area contributed by atoms with E-state index in [4.69, 9.17) is 9.47 Å². The number of ether oxygens (including phenoxy) is 2. The first-order valence-corrected chi connectivity index (χ1v) is 6.05. The third-order valence-electron chi connectivity index (χ3n) is 2.33. The fourth-order valence-electron chi connectivity index (χ4n) is 1.57. The van der Waals surface area contributed by atoms with Gasteiger partial charge in [-0.2, -0.15) is 0 Å². The number of nitrogens with one attached hydrogen (secondary N) is 1. The van der Waals surface area contributed by atoms with Crippen LogP contribution >= 0.6 is 11.3 Å². The average Bonchev–Trinajstić information content (AvgIpc) is 2.95. The van der Waals surface area contributed by atoms with Gasteiger partial charge < -0.3 is 14.8 Å². The van der Waals surface area contributed by atoms with Crippen molar-refractivity contribution < 1.29 is 14.3 Å². The zero-order valence-corrected chi connectivity index (χ0v) is 10.3. The Bertz CT molecular complexity index is 611. The summed E-state index contributed by atoms with van der Waals surface area (Å²) in [7, 11) is 0. The van der Waals surface area contributed by atoms with Crippen LogP contribution < -0.4 is 14.8 Å². The van der Waals surface area contributed by atoms with Crippen molar-refractivity contribution in [3.63, 3.8) is 0 Å². The summed E-state index contributed by atoms with van der Waals surface area (Å²) in [6.45, 7) is 1.67. The summed E-state index contributed by atoms with van der Waals surface area (Å²) in [6.07, 6.45) is 0. The van der Waals surface area contributed by atoms with E-state index < -0.39 is 0 Å². The minimum atomic E-state index is -0.164. The summed E-state index contributed by atoms with van der Waals surface area (Å²) in [5, 5.41) is 11.7. The molecule has 0 saturated heterocycles. The van der Waals surface area contributed by atoms with Gasteiger partial charge in [-0.3, -0.25) is 4.79 Å². The molecule has 18 heavy (non-hydrogen) atoms. The number of benzene rings is 1. The Balaban J connectivity index is 1.90. The number of carbonyl (C=O) groups is 1. The molecule has 0 aliphatic carbocycles.